The molecule has 0 aliphatic heterocycles. The van der Waals surface area contributed by atoms with Crippen LogP contribution in [0.1, 0.15) is 22.8 Å². The summed E-state index contributed by atoms with van der Waals surface area (Å²) in [6.45, 7) is 2.54. The Morgan fingerprint density at radius 1 is 0.357 bits per heavy atom. The van der Waals surface area contributed by atoms with Gasteiger partial charge in [-0.2, -0.15) is 0 Å². The number of rotatable bonds is 11. The van der Waals surface area contributed by atoms with Gasteiger partial charge in [-0.05, 0) is 72.8 Å². The Morgan fingerprint density at radius 3 is 0.976 bits per heavy atom. The van der Waals surface area contributed by atoms with Crippen molar-refractivity contribution in [3.8, 4) is 11.4 Å². The summed E-state index contributed by atoms with van der Waals surface area (Å²) >= 11 is 0. The van der Waals surface area contributed by atoms with E-state index in [4.69, 9.17) is 9.97 Å². The maximum atomic E-state index is 4.71. The molecule has 0 unspecified atom stereocenters. The predicted molar refractivity (Wildman–Crippen MR) is 164 cm³/mol. The van der Waals surface area contributed by atoms with E-state index in [0.717, 1.165) is 45.5 Å². The van der Waals surface area contributed by atoms with Crippen molar-refractivity contribution in [1.29, 1.82) is 0 Å². The van der Waals surface area contributed by atoms with E-state index in [0.29, 0.717) is 26.2 Å². The number of nitrogens with zero attached hydrogens (tertiary/aromatic N) is 8. The molecule has 6 aromatic heterocycles. The van der Waals surface area contributed by atoms with Crippen molar-refractivity contribution < 1.29 is 0 Å². The smallest absolute Gasteiger partial charge is 0.0907 e. The minimum atomic E-state index is 0.635. The van der Waals surface area contributed by atoms with Gasteiger partial charge in [0.25, 0.3) is 0 Å². The number of anilines is 2. The first-order valence-electron chi connectivity index (χ1n) is 13.8. The van der Waals surface area contributed by atoms with E-state index >= 15 is 0 Å². The van der Waals surface area contributed by atoms with Crippen LogP contribution in [0.25, 0.3) is 11.4 Å². The van der Waals surface area contributed by atoms with E-state index < -0.39 is 0 Å². The molecule has 0 saturated heterocycles. The summed E-state index contributed by atoms with van der Waals surface area (Å²) in [5, 5.41) is 0. The highest BCUT2D eigenvalue weighted by molar-refractivity contribution is 5.65. The Morgan fingerprint density at radius 2 is 0.690 bits per heavy atom. The van der Waals surface area contributed by atoms with Gasteiger partial charge >= 0.3 is 0 Å². The summed E-state index contributed by atoms with van der Waals surface area (Å²) < 4.78 is 0. The maximum Gasteiger partial charge on any atom is 0.0907 e. The second-order valence-electron chi connectivity index (χ2n) is 9.79. The van der Waals surface area contributed by atoms with Crippen LogP contribution in [0, 0.1) is 0 Å². The summed E-state index contributed by atoms with van der Waals surface area (Å²) in [6.07, 6.45) is 11.0. The van der Waals surface area contributed by atoms with Crippen molar-refractivity contribution in [3.63, 3.8) is 0 Å². The molecule has 8 heteroatoms. The SMILES string of the molecule is c1ccc(CN(Cc2ccccn2)c2ccnc(-c3cc(N(Cc4ccccn4)Cc4ccccn4)ccn3)c2)nc1. The van der Waals surface area contributed by atoms with Gasteiger partial charge in [-0.25, -0.2) is 0 Å². The molecule has 0 spiro atoms. The van der Waals surface area contributed by atoms with Crippen molar-refractivity contribution in [2.75, 3.05) is 9.80 Å². The summed E-state index contributed by atoms with van der Waals surface area (Å²) in [6, 6.07) is 32.1. The highest BCUT2D eigenvalue weighted by atomic mass is 15.2. The molecule has 8 nitrogen and oxygen atoms in total. The molecule has 0 aliphatic rings. The van der Waals surface area contributed by atoms with Crippen LogP contribution in [0.5, 0.6) is 0 Å². The van der Waals surface area contributed by atoms with Gasteiger partial charge in [0.2, 0.25) is 0 Å². The molecule has 0 saturated carbocycles. The maximum absolute atomic E-state index is 4.71. The number of pyridine rings is 6. The lowest BCUT2D eigenvalue weighted by Gasteiger charge is -2.25. The van der Waals surface area contributed by atoms with E-state index in [9.17, 15) is 0 Å². The van der Waals surface area contributed by atoms with Gasteiger partial charge in [0.05, 0.1) is 60.3 Å². The zero-order valence-electron chi connectivity index (χ0n) is 23.1. The molecule has 6 rings (SSSR count). The molecule has 6 heterocycles. The van der Waals surface area contributed by atoms with Gasteiger partial charge in [-0.3, -0.25) is 29.9 Å². The molecule has 0 amide bonds. The molecular formula is C34H30N8. The van der Waals surface area contributed by atoms with Crippen molar-refractivity contribution >= 4 is 11.4 Å². The van der Waals surface area contributed by atoms with Gasteiger partial charge in [-0.15, -0.1) is 0 Å². The minimum absolute atomic E-state index is 0.635. The van der Waals surface area contributed by atoms with Crippen LogP contribution in [-0.4, -0.2) is 29.9 Å². The van der Waals surface area contributed by atoms with E-state index in [-0.39, 0.29) is 0 Å². The average Bonchev–Trinajstić information content (AvgIpc) is 3.06. The third kappa shape index (κ3) is 6.98. The standard InChI is InChI=1S/C34H30N8/c1-5-15-35-27(9-1)23-41(24-28-10-2-6-16-36-28)31-13-19-39-33(21-31)34-22-32(14-20-40-34)42(25-29-11-3-7-17-37-29)26-30-12-4-8-18-38-30/h1-22H,23-26H2. The van der Waals surface area contributed by atoms with Crippen molar-refractivity contribution in [3.05, 3.63) is 157 Å². The monoisotopic (exact) mass is 550 g/mol. The van der Waals surface area contributed by atoms with Gasteiger partial charge in [0.1, 0.15) is 0 Å². The average molecular weight is 551 g/mol. The van der Waals surface area contributed by atoms with Crippen molar-refractivity contribution in [2.45, 2.75) is 26.2 Å². The lowest BCUT2D eigenvalue weighted by atomic mass is 10.1. The molecule has 0 aliphatic carbocycles. The minimum Gasteiger partial charge on any atom is -0.360 e. The van der Waals surface area contributed by atoms with Crippen LogP contribution in [0.3, 0.4) is 0 Å². The quantitative estimate of drug-likeness (QED) is 0.190. The fourth-order valence-electron chi connectivity index (χ4n) is 4.74. The van der Waals surface area contributed by atoms with Crippen LogP contribution in [0.15, 0.2) is 134 Å². The molecule has 0 radical (unpaired) electrons. The highest BCUT2D eigenvalue weighted by Crippen LogP contribution is 2.27. The molecule has 42 heavy (non-hydrogen) atoms. The van der Waals surface area contributed by atoms with Crippen LogP contribution in [-0.2, 0) is 26.2 Å². The second-order valence-corrected chi connectivity index (χ2v) is 9.79. The largest absolute Gasteiger partial charge is 0.360 e. The molecule has 0 bridgehead atoms. The third-order valence-electron chi connectivity index (χ3n) is 6.80. The van der Waals surface area contributed by atoms with Crippen LogP contribution < -0.4 is 9.80 Å². The fourth-order valence-corrected chi connectivity index (χ4v) is 4.74. The first-order chi connectivity index (χ1) is 20.8. The predicted octanol–water partition coefficient (Wildman–Crippen LogP) is 6.14. The third-order valence-corrected chi connectivity index (χ3v) is 6.80. The lowest BCUT2D eigenvalue weighted by Crippen LogP contribution is -2.23. The fraction of sp³-hybridized carbons (Fsp3) is 0.118. The number of hydrogen-bond donors (Lipinski definition) is 0. The van der Waals surface area contributed by atoms with Crippen molar-refractivity contribution in [1.82, 2.24) is 29.9 Å². The van der Waals surface area contributed by atoms with E-state index in [1.54, 1.807) is 0 Å². The zero-order valence-corrected chi connectivity index (χ0v) is 23.1. The Hall–Kier alpha value is -5.50. The van der Waals surface area contributed by atoms with Crippen LogP contribution in [0.2, 0.25) is 0 Å². The second kappa shape index (κ2) is 13.2. The highest BCUT2D eigenvalue weighted by Gasteiger charge is 2.15. The molecule has 0 N–H and O–H groups in total. The Labute approximate surface area is 245 Å². The van der Waals surface area contributed by atoms with Gasteiger partial charge in [0.15, 0.2) is 0 Å². The van der Waals surface area contributed by atoms with Gasteiger partial charge in [-0.1, -0.05) is 24.3 Å². The normalized spacial score (nSPS) is 10.8. The van der Waals surface area contributed by atoms with Gasteiger partial charge in [0, 0.05) is 48.6 Å². The lowest BCUT2D eigenvalue weighted by molar-refractivity contribution is 0.763. The number of hydrogen-bond acceptors (Lipinski definition) is 8. The summed E-state index contributed by atoms with van der Waals surface area (Å²) in [5.74, 6) is 0. The van der Waals surface area contributed by atoms with E-state index in [1.165, 1.54) is 0 Å². The Kier molecular flexibility index (Phi) is 8.42. The Balaban J connectivity index is 1.31. The van der Waals surface area contributed by atoms with Crippen LogP contribution >= 0.6 is 0 Å². The Bertz CT molecular complexity index is 1470. The molecule has 6 aromatic rings. The molecule has 0 aromatic carbocycles. The molecule has 0 fully saturated rings. The first kappa shape index (κ1) is 26.7. The number of aromatic nitrogens is 6. The summed E-state index contributed by atoms with van der Waals surface area (Å²) in [4.78, 5) is 32.2. The van der Waals surface area contributed by atoms with Crippen LogP contribution in [0.4, 0.5) is 11.4 Å². The molecule has 206 valence electrons. The van der Waals surface area contributed by atoms with Crippen molar-refractivity contribution in [2.24, 2.45) is 0 Å². The van der Waals surface area contributed by atoms with E-state index in [2.05, 4.69) is 41.9 Å². The molecule has 0 atom stereocenters. The van der Waals surface area contributed by atoms with E-state index in [1.807, 2.05) is 122 Å². The summed E-state index contributed by atoms with van der Waals surface area (Å²) in [5.41, 5.74) is 7.52. The summed E-state index contributed by atoms with van der Waals surface area (Å²) in [7, 11) is 0. The first-order valence-corrected chi connectivity index (χ1v) is 13.8. The van der Waals surface area contributed by atoms with Gasteiger partial charge < -0.3 is 9.80 Å². The zero-order chi connectivity index (χ0) is 28.4. The topological polar surface area (TPSA) is 83.8 Å². The molecular weight excluding hydrogens is 520 g/mol.